The van der Waals surface area contributed by atoms with Crippen molar-refractivity contribution in [2.45, 2.75) is 13.8 Å². The third kappa shape index (κ3) is 5.46. The molecule has 0 atom stereocenters. The fraction of sp³-hybridized carbons (Fsp3) is 0.0345. The van der Waals surface area contributed by atoms with Crippen molar-refractivity contribution < 1.29 is 8.83 Å². The first-order valence-electron chi connectivity index (χ1n) is 21.4. The molecule has 3 aromatic heterocycles. The maximum absolute atomic E-state index is 6.82. The van der Waals surface area contributed by atoms with Gasteiger partial charge in [0.1, 0.15) is 11.2 Å². The first-order chi connectivity index (χ1) is 31.1. The van der Waals surface area contributed by atoms with Crippen LogP contribution in [0.4, 0.5) is 34.1 Å². The molecule has 0 radical (unpaired) electrons. The third-order valence-corrected chi connectivity index (χ3v) is 13.9. The Morgan fingerprint density at radius 3 is 1.21 bits per heavy atom. The summed E-state index contributed by atoms with van der Waals surface area (Å²) < 4.78 is 16.0. The second-order valence-corrected chi connectivity index (χ2v) is 17.6. The second kappa shape index (κ2) is 13.8. The summed E-state index contributed by atoms with van der Waals surface area (Å²) in [6.45, 7) is 4.33. The minimum absolute atomic E-state index is 0.860. The van der Waals surface area contributed by atoms with Crippen molar-refractivity contribution >= 4 is 131 Å². The van der Waals surface area contributed by atoms with Gasteiger partial charge in [0.2, 0.25) is 0 Å². The Kier molecular flexibility index (Phi) is 7.87. The molecule has 0 bridgehead atoms. The molecule has 0 unspecified atom stereocenters. The van der Waals surface area contributed by atoms with Crippen LogP contribution in [-0.2, 0) is 0 Å². The molecule has 63 heavy (non-hydrogen) atoms. The summed E-state index contributed by atoms with van der Waals surface area (Å²) in [5, 5.41) is 11.7. The van der Waals surface area contributed by atoms with Gasteiger partial charge in [-0.1, -0.05) is 133 Å². The highest BCUT2D eigenvalue weighted by Gasteiger charge is 2.28. The molecule has 0 spiro atoms. The lowest BCUT2D eigenvalue weighted by Crippen LogP contribution is -2.10. The highest BCUT2D eigenvalue weighted by molar-refractivity contribution is 7.27. The Morgan fingerprint density at radius 2 is 0.746 bits per heavy atom. The largest absolute Gasteiger partial charge is 0.454 e. The van der Waals surface area contributed by atoms with E-state index in [-0.39, 0.29) is 0 Å². The van der Waals surface area contributed by atoms with E-state index in [9.17, 15) is 0 Å². The number of aryl methyl sites for hydroxylation is 2. The molecule has 0 N–H and O–H groups in total. The number of thiophene rings is 1. The van der Waals surface area contributed by atoms with E-state index in [0.29, 0.717) is 0 Å². The molecule has 0 aliphatic rings. The van der Waals surface area contributed by atoms with Gasteiger partial charge in [0.25, 0.3) is 0 Å². The van der Waals surface area contributed by atoms with Gasteiger partial charge in [-0.05, 0) is 107 Å². The van der Waals surface area contributed by atoms with Gasteiger partial charge < -0.3 is 18.6 Å². The summed E-state index contributed by atoms with van der Waals surface area (Å²) in [6.07, 6.45) is 0. The van der Waals surface area contributed by atoms with Gasteiger partial charge >= 0.3 is 0 Å². The number of hydrogen-bond acceptors (Lipinski definition) is 5. The van der Waals surface area contributed by atoms with Crippen LogP contribution in [-0.4, -0.2) is 0 Å². The molecule has 0 aliphatic carbocycles. The predicted octanol–water partition coefficient (Wildman–Crippen LogP) is 17.7. The van der Waals surface area contributed by atoms with Crippen LogP contribution in [0.5, 0.6) is 0 Å². The average molecular weight is 827 g/mol. The van der Waals surface area contributed by atoms with Crippen LogP contribution < -0.4 is 9.80 Å². The fourth-order valence-corrected chi connectivity index (χ4v) is 11.3. The second-order valence-electron chi connectivity index (χ2n) is 16.6. The molecule has 298 valence electrons. The Balaban J connectivity index is 1.19. The lowest BCUT2D eigenvalue weighted by Gasteiger charge is -2.27. The average Bonchev–Trinajstić information content (AvgIpc) is 4.03. The minimum atomic E-state index is 0.860. The van der Waals surface area contributed by atoms with E-state index in [4.69, 9.17) is 8.83 Å². The van der Waals surface area contributed by atoms with Crippen LogP contribution in [0.3, 0.4) is 0 Å². The maximum Gasteiger partial charge on any atom is 0.159 e. The molecule has 13 aromatic rings. The SMILES string of the molecule is Cc1cccc(N(c2cccc3c2oc2ccccc23)c2cc3ccccc3c3c2sc2c(N(c4cccc(C)c4)c4cccc5c4oc4ccccc45)cc4ccccc4c23)c1. The van der Waals surface area contributed by atoms with Crippen LogP contribution in [0, 0.1) is 13.8 Å². The van der Waals surface area contributed by atoms with Crippen molar-refractivity contribution in [2.24, 2.45) is 0 Å². The zero-order chi connectivity index (χ0) is 41.8. The molecule has 0 amide bonds. The highest BCUT2D eigenvalue weighted by Crippen LogP contribution is 2.55. The van der Waals surface area contributed by atoms with Gasteiger partial charge in [0, 0.05) is 43.7 Å². The van der Waals surface area contributed by atoms with Crippen molar-refractivity contribution in [1.82, 2.24) is 0 Å². The predicted molar refractivity (Wildman–Crippen MR) is 268 cm³/mol. The van der Waals surface area contributed by atoms with Crippen molar-refractivity contribution in [1.29, 1.82) is 0 Å². The summed E-state index contributed by atoms with van der Waals surface area (Å²) in [6, 6.07) is 69.9. The molecule has 3 heterocycles. The Morgan fingerprint density at radius 1 is 0.349 bits per heavy atom. The molecule has 13 rings (SSSR count). The number of nitrogens with zero attached hydrogens (tertiary/aromatic N) is 2. The number of fused-ring (bicyclic) bond motifs is 13. The molecule has 0 fully saturated rings. The van der Waals surface area contributed by atoms with Gasteiger partial charge in [-0.3, -0.25) is 0 Å². The van der Waals surface area contributed by atoms with Crippen LogP contribution in [0.1, 0.15) is 11.1 Å². The number of furan rings is 2. The van der Waals surface area contributed by atoms with E-state index in [2.05, 4.69) is 206 Å². The van der Waals surface area contributed by atoms with Gasteiger partial charge in [-0.15, -0.1) is 11.3 Å². The van der Waals surface area contributed by atoms with Crippen LogP contribution in [0.25, 0.3) is 85.6 Å². The fourth-order valence-electron chi connectivity index (χ4n) is 9.93. The topological polar surface area (TPSA) is 32.8 Å². The number of hydrogen-bond donors (Lipinski definition) is 0. The zero-order valence-corrected chi connectivity index (χ0v) is 35.4. The van der Waals surface area contributed by atoms with E-state index >= 15 is 0 Å². The molecular formula is C58H38N2O2S. The van der Waals surface area contributed by atoms with Crippen molar-refractivity contribution in [3.8, 4) is 0 Å². The van der Waals surface area contributed by atoms with Gasteiger partial charge in [-0.2, -0.15) is 0 Å². The van der Waals surface area contributed by atoms with E-state index in [0.717, 1.165) is 78.0 Å². The van der Waals surface area contributed by atoms with E-state index < -0.39 is 0 Å². The lowest BCUT2D eigenvalue weighted by atomic mass is 9.97. The summed E-state index contributed by atoms with van der Waals surface area (Å²) in [4.78, 5) is 4.86. The number of para-hydroxylation sites is 4. The molecular weight excluding hydrogens is 789 g/mol. The van der Waals surface area contributed by atoms with Gasteiger partial charge in [-0.25, -0.2) is 0 Å². The minimum Gasteiger partial charge on any atom is -0.454 e. The monoisotopic (exact) mass is 826 g/mol. The third-order valence-electron chi connectivity index (χ3n) is 12.7. The number of benzene rings is 10. The highest BCUT2D eigenvalue weighted by atomic mass is 32.1. The smallest absolute Gasteiger partial charge is 0.159 e. The molecule has 5 heteroatoms. The van der Waals surface area contributed by atoms with Gasteiger partial charge in [0.05, 0.1) is 32.1 Å². The van der Waals surface area contributed by atoms with E-state index in [1.54, 1.807) is 0 Å². The molecule has 0 aliphatic heterocycles. The Hall–Kier alpha value is -7.86. The van der Waals surface area contributed by atoms with Crippen molar-refractivity contribution in [3.63, 3.8) is 0 Å². The molecule has 0 saturated heterocycles. The zero-order valence-electron chi connectivity index (χ0n) is 34.6. The van der Waals surface area contributed by atoms with E-state index in [1.807, 2.05) is 23.5 Å². The summed E-state index contributed by atoms with van der Waals surface area (Å²) in [7, 11) is 0. The normalized spacial score (nSPS) is 12.0. The summed E-state index contributed by atoms with van der Waals surface area (Å²) in [5.74, 6) is 0. The molecule has 0 saturated carbocycles. The number of rotatable bonds is 6. The van der Waals surface area contributed by atoms with Gasteiger partial charge in [0.15, 0.2) is 11.2 Å². The lowest BCUT2D eigenvalue weighted by molar-refractivity contribution is 0.669. The van der Waals surface area contributed by atoms with Crippen LogP contribution in [0.15, 0.2) is 203 Å². The van der Waals surface area contributed by atoms with Crippen molar-refractivity contribution in [2.75, 3.05) is 9.80 Å². The summed E-state index contributed by atoms with van der Waals surface area (Å²) in [5.41, 5.74) is 12.2. The Bertz CT molecular complexity index is 3730. The quantitative estimate of drug-likeness (QED) is 0.167. The molecule has 10 aromatic carbocycles. The first-order valence-corrected chi connectivity index (χ1v) is 22.2. The molecule has 4 nitrogen and oxygen atoms in total. The first kappa shape index (κ1) is 35.9. The van der Waals surface area contributed by atoms with Crippen LogP contribution in [0.2, 0.25) is 0 Å². The Labute approximate surface area is 367 Å². The standard InChI is InChI=1S/C58H38N2O2S/c1-35-15-11-19-39(31-35)59(47-27-13-25-45-43-23-7-9-29-51(43)61-55(45)47)49-33-37-17-3-5-21-41(37)53-54-42-22-6-4-18-38(42)34-50(58(54)63-57(49)53)60(40-20-12-16-36(2)32-40)48-28-14-26-46-44-24-8-10-30-52(44)62-56(46)48/h3-34H,1-2H3. The van der Waals surface area contributed by atoms with Crippen molar-refractivity contribution in [3.05, 3.63) is 205 Å². The number of anilines is 6. The van der Waals surface area contributed by atoms with E-state index in [1.165, 1.54) is 52.8 Å². The summed E-state index contributed by atoms with van der Waals surface area (Å²) >= 11 is 1.86. The maximum atomic E-state index is 6.82. The van der Waals surface area contributed by atoms with Crippen LogP contribution >= 0.6 is 11.3 Å².